The first kappa shape index (κ1) is 11.9. The van der Waals surface area contributed by atoms with Crippen molar-refractivity contribution in [3.63, 3.8) is 0 Å². The van der Waals surface area contributed by atoms with E-state index in [1.54, 1.807) is 10.5 Å². The lowest BCUT2D eigenvalue weighted by molar-refractivity contribution is 0.391. The summed E-state index contributed by atoms with van der Waals surface area (Å²) < 4.78 is 25.1. The Morgan fingerprint density at radius 1 is 1.22 bits per heavy atom. The molecule has 0 spiro atoms. The molecule has 5 nitrogen and oxygen atoms in total. The fourth-order valence-corrected chi connectivity index (χ4v) is 4.34. The molecule has 6 heteroatoms. The van der Waals surface area contributed by atoms with E-state index in [-0.39, 0.29) is 12.1 Å². The van der Waals surface area contributed by atoms with Crippen molar-refractivity contribution in [1.29, 1.82) is 0 Å². The van der Waals surface area contributed by atoms with E-state index in [9.17, 15) is 8.42 Å². The molecular weight excluding hydrogens is 250 g/mol. The Labute approximate surface area is 107 Å². The minimum atomic E-state index is -3.08. The molecule has 0 aromatic carbocycles. The number of rotatable bonds is 2. The number of hydrogen-bond donors (Lipinski definition) is 0. The Morgan fingerprint density at radius 2 is 2.00 bits per heavy atom. The molecule has 2 aliphatic heterocycles. The van der Waals surface area contributed by atoms with Gasteiger partial charge in [-0.05, 0) is 25.0 Å². The molecule has 0 bridgehead atoms. The normalized spacial score (nSPS) is 28.6. The lowest BCUT2D eigenvalue weighted by atomic mass is 10.1. The Kier molecular flexibility index (Phi) is 2.79. The maximum absolute atomic E-state index is 11.7. The van der Waals surface area contributed by atoms with Gasteiger partial charge in [0.25, 0.3) is 0 Å². The van der Waals surface area contributed by atoms with Gasteiger partial charge in [0.2, 0.25) is 10.0 Å². The third-order valence-corrected chi connectivity index (χ3v) is 5.20. The first-order valence-electron chi connectivity index (χ1n) is 6.22. The van der Waals surface area contributed by atoms with Crippen LogP contribution in [0.2, 0.25) is 0 Å². The average molecular weight is 267 g/mol. The lowest BCUT2D eigenvalue weighted by Gasteiger charge is -2.25. The van der Waals surface area contributed by atoms with Crippen molar-refractivity contribution in [2.75, 3.05) is 24.2 Å². The molecule has 1 aromatic rings. The number of pyridine rings is 1. The van der Waals surface area contributed by atoms with Gasteiger partial charge in [0.15, 0.2) is 0 Å². The van der Waals surface area contributed by atoms with Gasteiger partial charge < -0.3 is 4.90 Å². The van der Waals surface area contributed by atoms with Crippen LogP contribution >= 0.6 is 0 Å². The van der Waals surface area contributed by atoms with Crippen LogP contribution < -0.4 is 4.90 Å². The zero-order valence-corrected chi connectivity index (χ0v) is 11.2. The molecule has 2 atom stereocenters. The third kappa shape index (κ3) is 1.89. The van der Waals surface area contributed by atoms with Crippen molar-refractivity contribution in [2.24, 2.45) is 0 Å². The van der Waals surface area contributed by atoms with Crippen LogP contribution in [0.5, 0.6) is 0 Å². The predicted molar refractivity (Wildman–Crippen MR) is 69.9 cm³/mol. The Hall–Kier alpha value is -1.14. The van der Waals surface area contributed by atoms with E-state index in [0.717, 1.165) is 25.2 Å². The van der Waals surface area contributed by atoms with Crippen LogP contribution in [-0.4, -0.2) is 49.1 Å². The van der Waals surface area contributed by atoms with Crippen LogP contribution in [0.1, 0.15) is 12.8 Å². The predicted octanol–water partition coefficient (Wildman–Crippen LogP) is 0.694. The second-order valence-electron chi connectivity index (χ2n) is 4.97. The molecule has 0 amide bonds. The molecule has 3 heterocycles. The van der Waals surface area contributed by atoms with E-state index in [4.69, 9.17) is 0 Å². The van der Waals surface area contributed by atoms with Crippen molar-refractivity contribution in [1.82, 2.24) is 9.29 Å². The molecule has 0 unspecified atom stereocenters. The number of fused-ring (bicyclic) bond motifs is 1. The Balaban J connectivity index is 1.85. The SMILES string of the molecule is CS(=O)(=O)N1CC[C@@H]2[C@H]1CCN2c1ccccn1. The van der Waals surface area contributed by atoms with Crippen LogP contribution in [0.25, 0.3) is 0 Å². The largest absolute Gasteiger partial charge is 0.352 e. The summed E-state index contributed by atoms with van der Waals surface area (Å²) in [6.07, 6.45) is 4.88. The summed E-state index contributed by atoms with van der Waals surface area (Å²) in [5, 5.41) is 0. The van der Waals surface area contributed by atoms with E-state index in [1.165, 1.54) is 6.26 Å². The maximum Gasteiger partial charge on any atom is 0.211 e. The van der Waals surface area contributed by atoms with Gasteiger partial charge in [-0.1, -0.05) is 6.07 Å². The average Bonchev–Trinajstić information content (AvgIpc) is 2.88. The first-order chi connectivity index (χ1) is 8.57. The van der Waals surface area contributed by atoms with E-state index in [0.29, 0.717) is 6.54 Å². The Bertz CT molecular complexity index is 532. The molecule has 0 aliphatic carbocycles. The number of nitrogens with zero attached hydrogens (tertiary/aromatic N) is 3. The van der Waals surface area contributed by atoms with Gasteiger partial charge in [-0.3, -0.25) is 0 Å². The van der Waals surface area contributed by atoms with E-state index < -0.39 is 10.0 Å². The zero-order chi connectivity index (χ0) is 12.8. The molecule has 98 valence electrons. The van der Waals surface area contributed by atoms with Gasteiger partial charge in [-0.25, -0.2) is 13.4 Å². The molecule has 2 fully saturated rings. The van der Waals surface area contributed by atoms with Crippen molar-refractivity contribution in [3.8, 4) is 0 Å². The van der Waals surface area contributed by atoms with Gasteiger partial charge in [0.05, 0.1) is 6.26 Å². The molecule has 1 aromatic heterocycles. The van der Waals surface area contributed by atoms with Gasteiger partial charge in [0.1, 0.15) is 5.82 Å². The topological polar surface area (TPSA) is 53.5 Å². The lowest BCUT2D eigenvalue weighted by Crippen LogP contribution is -2.39. The highest BCUT2D eigenvalue weighted by molar-refractivity contribution is 7.88. The van der Waals surface area contributed by atoms with Crippen molar-refractivity contribution >= 4 is 15.8 Å². The summed E-state index contributed by atoms with van der Waals surface area (Å²) in [5.74, 6) is 0.959. The minimum absolute atomic E-state index is 0.127. The molecule has 0 N–H and O–H groups in total. The van der Waals surface area contributed by atoms with Crippen LogP contribution in [0, 0.1) is 0 Å². The number of hydrogen-bond acceptors (Lipinski definition) is 4. The van der Waals surface area contributed by atoms with Gasteiger partial charge in [0, 0.05) is 31.4 Å². The minimum Gasteiger partial charge on any atom is -0.352 e. The van der Waals surface area contributed by atoms with Crippen LogP contribution in [0.3, 0.4) is 0 Å². The van der Waals surface area contributed by atoms with Crippen LogP contribution in [0.15, 0.2) is 24.4 Å². The van der Waals surface area contributed by atoms with Crippen LogP contribution in [-0.2, 0) is 10.0 Å². The zero-order valence-electron chi connectivity index (χ0n) is 10.4. The van der Waals surface area contributed by atoms with E-state index in [2.05, 4.69) is 9.88 Å². The van der Waals surface area contributed by atoms with Gasteiger partial charge in [-0.2, -0.15) is 4.31 Å². The molecule has 18 heavy (non-hydrogen) atoms. The monoisotopic (exact) mass is 267 g/mol. The highest BCUT2D eigenvalue weighted by atomic mass is 32.2. The molecular formula is C12H17N3O2S. The highest BCUT2D eigenvalue weighted by Crippen LogP contribution is 2.35. The van der Waals surface area contributed by atoms with Crippen molar-refractivity contribution in [3.05, 3.63) is 24.4 Å². The van der Waals surface area contributed by atoms with E-state index in [1.807, 2.05) is 18.2 Å². The molecule has 0 saturated carbocycles. The van der Waals surface area contributed by atoms with E-state index >= 15 is 0 Å². The van der Waals surface area contributed by atoms with Gasteiger partial charge in [-0.15, -0.1) is 0 Å². The second kappa shape index (κ2) is 4.20. The smallest absolute Gasteiger partial charge is 0.211 e. The third-order valence-electron chi connectivity index (χ3n) is 3.89. The maximum atomic E-state index is 11.7. The molecule has 0 radical (unpaired) electrons. The summed E-state index contributed by atoms with van der Waals surface area (Å²) >= 11 is 0. The summed E-state index contributed by atoms with van der Waals surface area (Å²) in [5.41, 5.74) is 0. The Morgan fingerprint density at radius 3 is 2.67 bits per heavy atom. The standard InChI is InChI=1S/C12H17N3O2S/c1-18(16,17)15-9-6-10-11(15)5-8-14(10)12-4-2-3-7-13-12/h2-4,7,10-11H,5-6,8-9H2,1H3/t10-,11-/m1/s1. The fraction of sp³-hybridized carbons (Fsp3) is 0.583. The summed E-state index contributed by atoms with van der Waals surface area (Å²) in [4.78, 5) is 6.61. The van der Waals surface area contributed by atoms with Crippen molar-refractivity contribution < 1.29 is 8.42 Å². The molecule has 3 rings (SSSR count). The quantitative estimate of drug-likeness (QED) is 0.791. The number of anilines is 1. The summed E-state index contributed by atoms with van der Waals surface area (Å²) in [7, 11) is -3.08. The number of sulfonamides is 1. The molecule has 2 aliphatic rings. The van der Waals surface area contributed by atoms with Crippen molar-refractivity contribution in [2.45, 2.75) is 24.9 Å². The fourth-order valence-electron chi connectivity index (χ4n) is 3.17. The summed E-state index contributed by atoms with van der Waals surface area (Å²) in [6, 6.07) is 6.27. The van der Waals surface area contributed by atoms with Crippen LogP contribution in [0.4, 0.5) is 5.82 Å². The van der Waals surface area contributed by atoms with Gasteiger partial charge >= 0.3 is 0 Å². The number of aromatic nitrogens is 1. The first-order valence-corrected chi connectivity index (χ1v) is 8.07. The summed E-state index contributed by atoms with van der Waals surface area (Å²) in [6.45, 7) is 1.52. The molecule has 2 saturated heterocycles. The second-order valence-corrected chi connectivity index (χ2v) is 6.90. The highest BCUT2D eigenvalue weighted by Gasteiger charge is 2.46.